The molecule has 2 rings (SSSR count). The van der Waals surface area contributed by atoms with Gasteiger partial charge in [0.2, 0.25) is 0 Å². The van der Waals surface area contributed by atoms with Crippen LogP contribution in [0.2, 0.25) is 0 Å². The molecule has 0 aromatic carbocycles. The highest BCUT2D eigenvalue weighted by molar-refractivity contribution is 5.08. The van der Waals surface area contributed by atoms with Crippen molar-refractivity contribution in [2.75, 3.05) is 19.6 Å². The van der Waals surface area contributed by atoms with E-state index in [4.69, 9.17) is 4.42 Å². The molecule has 0 aliphatic carbocycles. The van der Waals surface area contributed by atoms with Crippen LogP contribution in [0.3, 0.4) is 0 Å². The third-order valence-corrected chi connectivity index (χ3v) is 3.22. The highest BCUT2D eigenvalue weighted by Crippen LogP contribution is 2.19. The smallest absolute Gasteiger partial charge is 0.133 e. The number of nitrogens with zero attached hydrogens (tertiary/aromatic N) is 1. The van der Waals surface area contributed by atoms with Crippen LogP contribution < -0.4 is 0 Å². The van der Waals surface area contributed by atoms with Crippen LogP contribution in [0.4, 0.5) is 0 Å². The molecule has 1 fully saturated rings. The zero-order valence-electron chi connectivity index (χ0n) is 9.98. The van der Waals surface area contributed by atoms with Gasteiger partial charge in [-0.25, -0.2) is 0 Å². The Balaban J connectivity index is 1.88. The summed E-state index contributed by atoms with van der Waals surface area (Å²) in [5, 5.41) is 10.0. The molecule has 1 aromatic heterocycles. The summed E-state index contributed by atoms with van der Waals surface area (Å²) in [5.41, 5.74) is 0. The molecule has 0 radical (unpaired) electrons. The number of rotatable bonds is 3. The Morgan fingerprint density at radius 2 is 1.94 bits per heavy atom. The van der Waals surface area contributed by atoms with Gasteiger partial charge in [-0.3, -0.25) is 0 Å². The van der Waals surface area contributed by atoms with Gasteiger partial charge in [-0.15, -0.1) is 0 Å². The van der Waals surface area contributed by atoms with Gasteiger partial charge in [-0.05, 0) is 45.0 Å². The SMILES string of the molecule is Cc1ccc(C(O)CN2CCCCCC2)o1. The predicted octanol–water partition coefficient (Wildman–Crippen LogP) is 2.50. The molecule has 1 atom stereocenters. The topological polar surface area (TPSA) is 36.6 Å². The minimum absolute atomic E-state index is 0.480. The zero-order chi connectivity index (χ0) is 11.4. The molecule has 0 amide bonds. The molecule has 1 aromatic rings. The average molecular weight is 223 g/mol. The highest BCUT2D eigenvalue weighted by Gasteiger charge is 2.17. The maximum atomic E-state index is 10.0. The predicted molar refractivity (Wildman–Crippen MR) is 63.3 cm³/mol. The lowest BCUT2D eigenvalue weighted by Crippen LogP contribution is -2.29. The normalized spacial score (nSPS) is 20.6. The molecule has 1 unspecified atom stereocenters. The minimum Gasteiger partial charge on any atom is -0.464 e. The summed E-state index contributed by atoms with van der Waals surface area (Å²) in [7, 11) is 0. The van der Waals surface area contributed by atoms with Gasteiger partial charge >= 0.3 is 0 Å². The van der Waals surface area contributed by atoms with E-state index in [2.05, 4.69) is 4.90 Å². The fraction of sp³-hybridized carbons (Fsp3) is 0.692. The van der Waals surface area contributed by atoms with Crippen molar-refractivity contribution in [3.8, 4) is 0 Å². The lowest BCUT2D eigenvalue weighted by molar-refractivity contribution is 0.0953. The van der Waals surface area contributed by atoms with Crippen LogP contribution in [-0.2, 0) is 0 Å². The first-order valence-electron chi connectivity index (χ1n) is 6.22. The molecule has 1 aliphatic rings. The number of aryl methyl sites for hydroxylation is 1. The molecule has 1 aliphatic heterocycles. The van der Waals surface area contributed by atoms with E-state index in [0.717, 1.165) is 18.8 Å². The molecule has 1 N–H and O–H groups in total. The lowest BCUT2D eigenvalue weighted by atomic mass is 10.2. The van der Waals surface area contributed by atoms with E-state index in [-0.39, 0.29) is 0 Å². The van der Waals surface area contributed by atoms with Crippen molar-refractivity contribution < 1.29 is 9.52 Å². The molecular weight excluding hydrogens is 202 g/mol. The van der Waals surface area contributed by atoms with Gasteiger partial charge in [-0.1, -0.05) is 12.8 Å². The number of hydrogen-bond acceptors (Lipinski definition) is 3. The van der Waals surface area contributed by atoms with Crippen molar-refractivity contribution in [1.82, 2.24) is 4.90 Å². The van der Waals surface area contributed by atoms with Gasteiger partial charge in [0.25, 0.3) is 0 Å². The van der Waals surface area contributed by atoms with E-state index in [9.17, 15) is 5.11 Å². The van der Waals surface area contributed by atoms with Gasteiger partial charge in [0, 0.05) is 6.54 Å². The summed E-state index contributed by atoms with van der Waals surface area (Å²) >= 11 is 0. The minimum atomic E-state index is -0.480. The van der Waals surface area contributed by atoms with Crippen molar-refractivity contribution in [1.29, 1.82) is 0 Å². The van der Waals surface area contributed by atoms with Gasteiger partial charge < -0.3 is 14.4 Å². The fourth-order valence-corrected chi connectivity index (χ4v) is 2.29. The van der Waals surface area contributed by atoms with Crippen LogP contribution in [0.1, 0.15) is 43.3 Å². The number of likely N-dealkylation sites (tertiary alicyclic amines) is 1. The Morgan fingerprint density at radius 3 is 2.50 bits per heavy atom. The first-order chi connectivity index (χ1) is 7.75. The van der Waals surface area contributed by atoms with E-state index < -0.39 is 6.10 Å². The summed E-state index contributed by atoms with van der Waals surface area (Å²) in [6, 6.07) is 3.78. The Labute approximate surface area is 97.1 Å². The first kappa shape index (κ1) is 11.7. The first-order valence-corrected chi connectivity index (χ1v) is 6.22. The van der Waals surface area contributed by atoms with Gasteiger partial charge in [0.05, 0.1) is 0 Å². The summed E-state index contributed by atoms with van der Waals surface area (Å²) < 4.78 is 5.44. The van der Waals surface area contributed by atoms with Crippen molar-refractivity contribution in [3.63, 3.8) is 0 Å². The lowest BCUT2D eigenvalue weighted by Gasteiger charge is -2.22. The molecule has 0 bridgehead atoms. The summed E-state index contributed by atoms with van der Waals surface area (Å²) in [6.45, 7) is 4.82. The van der Waals surface area contributed by atoms with E-state index >= 15 is 0 Å². The van der Waals surface area contributed by atoms with Gasteiger partial charge in [0.1, 0.15) is 17.6 Å². The van der Waals surface area contributed by atoms with E-state index in [1.54, 1.807) is 0 Å². The summed E-state index contributed by atoms with van der Waals surface area (Å²) in [5.74, 6) is 1.56. The third-order valence-electron chi connectivity index (χ3n) is 3.22. The van der Waals surface area contributed by atoms with Gasteiger partial charge in [-0.2, -0.15) is 0 Å². The quantitative estimate of drug-likeness (QED) is 0.855. The maximum absolute atomic E-state index is 10.0. The summed E-state index contributed by atoms with van der Waals surface area (Å²) in [6.07, 6.45) is 4.68. The number of hydrogen-bond donors (Lipinski definition) is 1. The Bertz CT molecular complexity index is 313. The molecule has 0 saturated carbocycles. The largest absolute Gasteiger partial charge is 0.464 e. The molecule has 2 heterocycles. The maximum Gasteiger partial charge on any atom is 0.133 e. The highest BCUT2D eigenvalue weighted by atomic mass is 16.4. The Kier molecular flexibility index (Phi) is 4.02. The van der Waals surface area contributed by atoms with E-state index in [1.165, 1.54) is 25.7 Å². The van der Waals surface area contributed by atoms with Crippen LogP contribution in [0.15, 0.2) is 16.5 Å². The zero-order valence-corrected chi connectivity index (χ0v) is 9.98. The van der Waals surface area contributed by atoms with E-state index in [0.29, 0.717) is 12.3 Å². The third kappa shape index (κ3) is 3.09. The summed E-state index contributed by atoms with van der Waals surface area (Å²) in [4.78, 5) is 2.34. The standard InChI is InChI=1S/C13H21NO2/c1-11-6-7-13(16-11)12(15)10-14-8-4-2-3-5-9-14/h6-7,12,15H,2-5,8-10H2,1H3. The van der Waals surface area contributed by atoms with Crippen LogP contribution >= 0.6 is 0 Å². The second-order valence-electron chi connectivity index (χ2n) is 4.68. The van der Waals surface area contributed by atoms with Crippen molar-refractivity contribution >= 4 is 0 Å². The Hall–Kier alpha value is -0.800. The molecular formula is C13H21NO2. The van der Waals surface area contributed by atoms with Crippen LogP contribution in [0.25, 0.3) is 0 Å². The monoisotopic (exact) mass is 223 g/mol. The van der Waals surface area contributed by atoms with E-state index in [1.807, 2.05) is 19.1 Å². The van der Waals surface area contributed by atoms with Gasteiger partial charge in [0.15, 0.2) is 0 Å². The molecule has 3 heteroatoms. The molecule has 16 heavy (non-hydrogen) atoms. The van der Waals surface area contributed by atoms with Crippen molar-refractivity contribution in [3.05, 3.63) is 23.7 Å². The fourth-order valence-electron chi connectivity index (χ4n) is 2.29. The number of furan rings is 1. The number of aliphatic hydroxyl groups excluding tert-OH is 1. The molecule has 1 saturated heterocycles. The second kappa shape index (κ2) is 5.51. The molecule has 3 nitrogen and oxygen atoms in total. The van der Waals surface area contributed by atoms with Crippen molar-refractivity contribution in [2.24, 2.45) is 0 Å². The van der Waals surface area contributed by atoms with Crippen molar-refractivity contribution in [2.45, 2.75) is 38.7 Å². The van der Waals surface area contributed by atoms with Crippen LogP contribution in [0.5, 0.6) is 0 Å². The second-order valence-corrected chi connectivity index (χ2v) is 4.68. The number of β-amino-alcohol motifs (C(OH)–C–C–N with tert-alkyl or cyclic N) is 1. The molecule has 90 valence electrons. The average Bonchev–Trinajstić information content (AvgIpc) is 2.54. The van der Waals surface area contributed by atoms with Crippen LogP contribution in [0, 0.1) is 6.92 Å². The Morgan fingerprint density at radius 1 is 1.25 bits per heavy atom. The molecule has 0 spiro atoms. The number of aliphatic hydroxyl groups is 1. The van der Waals surface area contributed by atoms with Crippen LogP contribution in [-0.4, -0.2) is 29.6 Å².